The molecular formula is C14H18ClN5O. The molecule has 6 nitrogen and oxygen atoms in total. The molecule has 2 aromatic rings. The van der Waals surface area contributed by atoms with Gasteiger partial charge in [0.05, 0.1) is 12.7 Å². The molecule has 0 bridgehead atoms. The van der Waals surface area contributed by atoms with Crippen LogP contribution < -0.4 is 10.6 Å². The third kappa shape index (κ3) is 4.03. The van der Waals surface area contributed by atoms with Crippen molar-refractivity contribution in [3.8, 4) is 0 Å². The van der Waals surface area contributed by atoms with Crippen molar-refractivity contribution in [2.75, 3.05) is 19.6 Å². The summed E-state index contributed by atoms with van der Waals surface area (Å²) < 4.78 is 1.68. The van der Waals surface area contributed by atoms with E-state index < -0.39 is 0 Å². The summed E-state index contributed by atoms with van der Waals surface area (Å²) in [7, 11) is 0. The number of benzene rings is 1. The number of amides is 1. The van der Waals surface area contributed by atoms with Crippen LogP contribution in [-0.2, 0) is 6.54 Å². The Bertz CT molecular complexity index is 582. The van der Waals surface area contributed by atoms with Gasteiger partial charge in [0.2, 0.25) is 0 Å². The van der Waals surface area contributed by atoms with Crippen LogP contribution in [0.25, 0.3) is 0 Å². The molecule has 1 amide bonds. The van der Waals surface area contributed by atoms with Crippen LogP contribution in [0.5, 0.6) is 0 Å². The Hall–Kier alpha value is -1.92. The summed E-state index contributed by atoms with van der Waals surface area (Å²) >= 11 is 0. The minimum absolute atomic E-state index is 0. The first-order valence-electron chi connectivity index (χ1n) is 6.74. The third-order valence-electron chi connectivity index (χ3n) is 3.38. The number of aromatic nitrogens is 3. The Balaban J connectivity index is 0.00000161. The second-order valence-electron chi connectivity index (χ2n) is 5.02. The number of carbonyl (C=O) groups excluding carboxylic acids is 1. The van der Waals surface area contributed by atoms with E-state index in [1.807, 2.05) is 30.3 Å². The molecule has 2 heterocycles. The number of rotatable bonds is 5. The van der Waals surface area contributed by atoms with E-state index in [-0.39, 0.29) is 18.3 Å². The molecule has 21 heavy (non-hydrogen) atoms. The summed E-state index contributed by atoms with van der Waals surface area (Å²) in [6, 6.07) is 9.97. The van der Waals surface area contributed by atoms with Gasteiger partial charge in [-0.15, -0.1) is 17.5 Å². The normalized spacial score (nSPS) is 14.1. The second kappa shape index (κ2) is 7.19. The standard InChI is InChI=1S/C14H17N5O.ClH/c20-14(16-8-12-6-15-7-12)13-10-19(18-17-13)9-11-4-2-1-3-5-11;/h1-5,10,12,15H,6-9H2,(H,16,20);1H. The van der Waals surface area contributed by atoms with Gasteiger partial charge in [0.15, 0.2) is 5.69 Å². The molecule has 7 heteroatoms. The Morgan fingerprint density at radius 2 is 2.10 bits per heavy atom. The van der Waals surface area contributed by atoms with Crippen molar-refractivity contribution in [1.29, 1.82) is 0 Å². The fraction of sp³-hybridized carbons (Fsp3) is 0.357. The van der Waals surface area contributed by atoms with Crippen LogP contribution >= 0.6 is 12.4 Å². The molecule has 0 unspecified atom stereocenters. The highest BCUT2D eigenvalue weighted by atomic mass is 35.5. The van der Waals surface area contributed by atoms with E-state index in [0.717, 1.165) is 18.7 Å². The molecule has 2 N–H and O–H groups in total. The SMILES string of the molecule is Cl.O=C(NCC1CNC1)c1cn(Cc2ccccc2)nn1. The molecule has 3 rings (SSSR count). The van der Waals surface area contributed by atoms with Crippen LogP contribution in [0.2, 0.25) is 0 Å². The first kappa shape index (κ1) is 15.5. The van der Waals surface area contributed by atoms with Crippen LogP contribution in [0, 0.1) is 5.92 Å². The van der Waals surface area contributed by atoms with Crippen molar-refractivity contribution < 1.29 is 4.79 Å². The van der Waals surface area contributed by atoms with Crippen molar-refractivity contribution in [2.45, 2.75) is 6.54 Å². The summed E-state index contributed by atoms with van der Waals surface area (Å²) in [5, 5.41) is 14.0. The van der Waals surface area contributed by atoms with Crippen molar-refractivity contribution in [1.82, 2.24) is 25.6 Å². The molecule has 1 saturated heterocycles. The third-order valence-corrected chi connectivity index (χ3v) is 3.38. The zero-order valence-electron chi connectivity index (χ0n) is 11.5. The van der Waals surface area contributed by atoms with E-state index in [4.69, 9.17) is 0 Å². The maximum atomic E-state index is 11.9. The summed E-state index contributed by atoms with van der Waals surface area (Å²) in [6.45, 7) is 3.26. The molecule has 1 aromatic heterocycles. The quantitative estimate of drug-likeness (QED) is 0.853. The van der Waals surface area contributed by atoms with E-state index in [9.17, 15) is 4.79 Å². The van der Waals surface area contributed by atoms with Crippen LogP contribution in [0.3, 0.4) is 0 Å². The van der Waals surface area contributed by atoms with Gasteiger partial charge in [0.25, 0.3) is 5.91 Å². The van der Waals surface area contributed by atoms with Crippen molar-refractivity contribution in [3.63, 3.8) is 0 Å². The number of nitrogens with zero attached hydrogens (tertiary/aromatic N) is 3. The van der Waals surface area contributed by atoms with E-state index in [1.165, 1.54) is 0 Å². The lowest BCUT2D eigenvalue weighted by Gasteiger charge is -2.26. The molecule has 0 aliphatic carbocycles. The van der Waals surface area contributed by atoms with Gasteiger partial charge < -0.3 is 10.6 Å². The minimum Gasteiger partial charge on any atom is -0.350 e. The highest BCUT2D eigenvalue weighted by molar-refractivity contribution is 5.91. The Morgan fingerprint density at radius 1 is 1.33 bits per heavy atom. The fourth-order valence-corrected chi connectivity index (χ4v) is 2.07. The Labute approximate surface area is 129 Å². The topological polar surface area (TPSA) is 71.8 Å². The van der Waals surface area contributed by atoms with E-state index >= 15 is 0 Å². The van der Waals surface area contributed by atoms with Crippen LogP contribution in [-0.4, -0.2) is 40.5 Å². The predicted octanol–water partition coefficient (Wildman–Crippen LogP) is 0.697. The molecular weight excluding hydrogens is 290 g/mol. The monoisotopic (exact) mass is 307 g/mol. The number of hydrogen-bond acceptors (Lipinski definition) is 4. The number of carbonyl (C=O) groups is 1. The lowest BCUT2D eigenvalue weighted by Crippen LogP contribution is -2.48. The summed E-state index contributed by atoms with van der Waals surface area (Å²) in [5.74, 6) is 0.384. The van der Waals surface area contributed by atoms with Crippen molar-refractivity contribution in [2.24, 2.45) is 5.92 Å². The Kier molecular flexibility index (Phi) is 5.30. The summed E-state index contributed by atoms with van der Waals surface area (Å²) in [4.78, 5) is 11.9. The van der Waals surface area contributed by atoms with Gasteiger partial charge in [-0.1, -0.05) is 35.5 Å². The first-order chi connectivity index (χ1) is 9.81. The molecule has 1 fully saturated rings. The summed E-state index contributed by atoms with van der Waals surface area (Å²) in [6.07, 6.45) is 1.68. The average molecular weight is 308 g/mol. The molecule has 112 valence electrons. The molecule has 1 aromatic carbocycles. The molecule has 0 saturated carbocycles. The number of halogens is 1. The smallest absolute Gasteiger partial charge is 0.273 e. The molecule has 1 aliphatic heterocycles. The maximum Gasteiger partial charge on any atom is 0.273 e. The molecule has 0 atom stereocenters. The van der Waals surface area contributed by atoms with Crippen molar-refractivity contribution >= 4 is 18.3 Å². The molecule has 1 aliphatic rings. The van der Waals surface area contributed by atoms with Gasteiger partial charge >= 0.3 is 0 Å². The van der Waals surface area contributed by atoms with Crippen molar-refractivity contribution in [3.05, 3.63) is 47.8 Å². The lowest BCUT2D eigenvalue weighted by molar-refractivity contribution is 0.0937. The average Bonchev–Trinajstić information content (AvgIpc) is 2.86. The highest BCUT2D eigenvalue weighted by Gasteiger charge is 2.18. The molecule has 0 spiro atoms. The van der Waals surface area contributed by atoms with Gasteiger partial charge in [0, 0.05) is 25.6 Å². The second-order valence-corrected chi connectivity index (χ2v) is 5.02. The highest BCUT2D eigenvalue weighted by Crippen LogP contribution is 2.03. The minimum atomic E-state index is -0.156. The zero-order chi connectivity index (χ0) is 13.8. The largest absolute Gasteiger partial charge is 0.350 e. The van der Waals surface area contributed by atoms with E-state index in [1.54, 1.807) is 10.9 Å². The predicted molar refractivity (Wildman–Crippen MR) is 81.5 cm³/mol. The van der Waals surface area contributed by atoms with Gasteiger partial charge in [-0.05, 0) is 5.56 Å². The first-order valence-corrected chi connectivity index (χ1v) is 6.74. The number of nitrogens with one attached hydrogen (secondary N) is 2. The van der Waals surface area contributed by atoms with Crippen LogP contribution in [0.1, 0.15) is 16.1 Å². The maximum absolute atomic E-state index is 11.9. The lowest BCUT2D eigenvalue weighted by atomic mass is 10.0. The van der Waals surface area contributed by atoms with Crippen LogP contribution in [0.4, 0.5) is 0 Å². The van der Waals surface area contributed by atoms with Gasteiger partial charge in [-0.25, -0.2) is 4.68 Å². The number of hydrogen-bond donors (Lipinski definition) is 2. The Morgan fingerprint density at radius 3 is 2.76 bits per heavy atom. The van der Waals surface area contributed by atoms with Gasteiger partial charge in [-0.3, -0.25) is 4.79 Å². The zero-order valence-corrected chi connectivity index (χ0v) is 12.3. The van der Waals surface area contributed by atoms with E-state index in [2.05, 4.69) is 20.9 Å². The van der Waals surface area contributed by atoms with E-state index in [0.29, 0.717) is 24.7 Å². The van der Waals surface area contributed by atoms with Gasteiger partial charge in [0.1, 0.15) is 0 Å². The van der Waals surface area contributed by atoms with Crippen LogP contribution in [0.15, 0.2) is 36.5 Å². The summed E-state index contributed by atoms with van der Waals surface area (Å²) in [5.41, 5.74) is 1.50. The van der Waals surface area contributed by atoms with Gasteiger partial charge in [-0.2, -0.15) is 0 Å². The molecule has 0 radical (unpaired) electrons. The fourth-order valence-electron chi connectivity index (χ4n) is 2.07.